The lowest BCUT2D eigenvalue weighted by molar-refractivity contribution is -0.138. The van der Waals surface area contributed by atoms with Gasteiger partial charge in [-0.3, -0.25) is 9.78 Å². The van der Waals surface area contributed by atoms with Crippen molar-refractivity contribution in [1.29, 1.82) is 0 Å². The van der Waals surface area contributed by atoms with Crippen molar-refractivity contribution in [3.05, 3.63) is 90.0 Å². The largest absolute Gasteiger partial charge is 0.418 e. The molecule has 0 radical (unpaired) electrons. The van der Waals surface area contributed by atoms with Crippen molar-refractivity contribution in [2.75, 3.05) is 5.32 Å². The Balaban J connectivity index is 1.84. The molecule has 0 fully saturated rings. The van der Waals surface area contributed by atoms with Crippen molar-refractivity contribution in [2.45, 2.75) is 13.1 Å². The number of amides is 1. The number of carbonyl (C=O) groups excluding carboxylic acids is 1. The molecule has 156 valence electrons. The molecular formula is C22H16F3N5O. The highest BCUT2D eigenvalue weighted by atomic mass is 19.4. The standard InChI is InChI=1S/C22H16F3N5O/c1-14-12-27-20(28-21(31)15-6-3-2-4-7-15)19(18(14)22(23,24)25)30-11-9-17(29-30)16-8-5-10-26-13-16/h2-13H,1H3,(H,27,28,31). The van der Waals surface area contributed by atoms with Gasteiger partial charge in [-0.2, -0.15) is 18.3 Å². The first-order chi connectivity index (χ1) is 14.8. The lowest BCUT2D eigenvalue weighted by Crippen LogP contribution is -2.20. The summed E-state index contributed by atoms with van der Waals surface area (Å²) in [5.41, 5.74) is 0.00603. The number of halogens is 3. The number of nitrogens with zero attached hydrogens (tertiary/aromatic N) is 4. The van der Waals surface area contributed by atoms with Gasteiger partial charge in [0.15, 0.2) is 5.82 Å². The maximum atomic E-state index is 14.0. The Labute approximate surface area is 175 Å². The van der Waals surface area contributed by atoms with Crippen LogP contribution in [0.3, 0.4) is 0 Å². The first-order valence-electron chi connectivity index (χ1n) is 9.24. The van der Waals surface area contributed by atoms with E-state index in [1.54, 1.807) is 60.9 Å². The Morgan fingerprint density at radius 3 is 2.48 bits per heavy atom. The van der Waals surface area contributed by atoms with Crippen molar-refractivity contribution >= 4 is 11.7 Å². The Kier molecular flexibility index (Phi) is 5.24. The van der Waals surface area contributed by atoms with Gasteiger partial charge in [-0.15, -0.1) is 0 Å². The van der Waals surface area contributed by atoms with E-state index in [0.29, 0.717) is 16.8 Å². The van der Waals surface area contributed by atoms with Crippen LogP contribution in [0.25, 0.3) is 16.9 Å². The van der Waals surface area contributed by atoms with E-state index in [1.807, 2.05) is 0 Å². The van der Waals surface area contributed by atoms with E-state index < -0.39 is 17.6 Å². The summed E-state index contributed by atoms with van der Waals surface area (Å²) >= 11 is 0. The number of pyridine rings is 2. The van der Waals surface area contributed by atoms with Gasteiger partial charge in [0.2, 0.25) is 0 Å². The Bertz CT molecular complexity index is 1220. The highest BCUT2D eigenvalue weighted by Crippen LogP contribution is 2.39. The number of carbonyl (C=O) groups is 1. The van der Waals surface area contributed by atoms with Crippen LogP contribution in [0, 0.1) is 6.92 Å². The molecule has 0 aliphatic rings. The number of hydrogen-bond donors (Lipinski definition) is 1. The number of nitrogens with one attached hydrogen (secondary N) is 1. The second-order valence-corrected chi connectivity index (χ2v) is 6.72. The molecule has 0 aliphatic carbocycles. The monoisotopic (exact) mass is 423 g/mol. The summed E-state index contributed by atoms with van der Waals surface area (Å²) in [5.74, 6) is -0.821. The number of anilines is 1. The molecule has 0 saturated heterocycles. The van der Waals surface area contributed by atoms with Crippen LogP contribution in [-0.4, -0.2) is 25.7 Å². The topological polar surface area (TPSA) is 72.7 Å². The zero-order valence-electron chi connectivity index (χ0n) is 16.3. The fraction of sp³-hybridized carbons (Fsp3) is 0.0909. The fourth-order valence-electron chi connectivity index (χ4n) is 3.15. The molecule has 9 heteroatoms. The molecule has 1 amide bonds. The molecule has 4 aromatic rings. The van der Waals surface area contributed by atoms with Crippen molar-refractivity contribution in [3.63, 3.8) is 0 Å². The van der Waals surface area contributed by atoms with E-state index in [9.17, 15) is 18.0 Å². The van der Waals surface area contributed by atoms with E-state index in [0.717, 1.165) is 10.9 Å². The van der Waals surface area contributed by atoms with Crippen LogP contribution in [0.2, 0.25) is 0 Å². The Morgan fingerprint density at radius 1 is 1.03 bits per heavy atom. The van der Waals surface area contributed by atoms with Crippen LogP contribution >= 0.6 is 0 Å². The maximum absolute atomic E-state index is 14.0. The number of aryl methyl sites for hydroxylation is 1. The smallest absolute Gasteiger partial charge is 0.305 e. The summed E-state index contributed by atoms with van der Waals surface area (Å²) in [6.07, 6.45) is 0.938. The second kappa shape index (κ2) is 8.02. The molecule has 4 rings (SSSR count). The summed E-state index contributed by atoms with van der Waals surface area (Å²) in [4.78, 5) is 20.7. The van der Waals surface area contributed by atoms with Gasteiger partial charge in [0.1, 0.15) is 5.69 Å². The predicted molar refractivity (Wildman–Crippen MR) is 109 cm³/mol. The average Bonchev–Trinajstić information content (AvgIpc) is 3.25. The van der Waals surface area contributed by atoms with Gasteiger partial charge >= 0.3 is 6.18 Å². The third kappa shape index (κ3) is 4.16. The third-order valence-corrected chi connectivity index (χ3v) is 4.57. The summed E-state index contributed by atoms with van der Waals surface area (Å²) in [6.45, 7) is 1.31. The maximum Gasteiger partial charge on any atom is 0.418 e. The molecule has 1 N–H and O–H groups in total. The molecular weight excluding hydrogens is 407 g/mol. The predicted octanol–water partition coefficient (Wildman–Crippen LogP) is 4.91. The fourth-order valence-corrected chi connectivity index (χ4v) is 3.15. The minimum absolute atomic E-state index is 0.0846. The van der Waals surface area contributed by atoms with E-state index >= 15 is 0 Å². The van der Waals surface area contributed by atoms with Crippen LogP contribution in [0.5, 0.6) is 0 Å². The third-order valence-electron chi connectivity index (χ3n) is 4.57. The summed E-state index contributed by atoms with van der Waals surface area (Å²) in [6, 6.07) is 13.2. The van der Waals surface area contributed by atoms with E-state index in [1.165, 1.54) is 13.1 Å². The number of benzene rings is 1. The summed E-state index contributed by atoms with van der Waals surface area (Å²) in [5, 5.41) is 6.78. The zero-order chi connectivity index (χ0) is 22.0. The van der Waals surface area contributed by atoms with Gasteiger partial charge in [-0.05, 0) is 42.8 Å². The highest BCUT2D eigenvalue weighted by molar-refractivity contribution is 6.04. The van der Waals surface area contributed by atoms with Gasteiger partial charge in [0.05, 0.1) is 11.3 Å². The first kappa shape index (κ1) is 20.3. The van der Waals surface area contributed by atoms with E-state index in [2.05, 4.69) is 20.4 Å². The number of alkyl halides is 3. The van der Waals surface area contributed by atoms with Crippen LogP contribution in [-0.2, 0) is 6.18 Å². The van der Waals surface area contributed by atoms with Crippen LogP contribution in [0.4, 0.5) is 19.0 Å². The minimum atomic E-state index is -4.69. The first-order valence-corrected chi connectivity index (χ1v) is 9.24. The SMILES string of the molecule is Cc1cnc(NC(=O)c2ccccc2)c(-n2ccc(-c3cccnc3)n2)c1C(F)(F)F. The van der Waals surface area contributed by atoms with Crippen molar-refractivity contribution in [1.82, 2.24) is 19.7 Å². The summed E-state index contributed by atoms with van der Waals surface area (Å²) < 4.78 is 43.0. The van der Waals surface area contributed by atoms with Crippen LogP contribution in [0.1, 0.15) is 21.5 Å². The van der Waals surface area contributed by atoms with Gasteiger partial charge in [-0.25, -0.2) is 9.67 Å². The molecule has 31 heavy (non-hydrogen) atoms. The van der Waals surface area contributed by atoms with Crippen molar-refractivity contribution in [3.8, 4) is 16.9 Å². The molecule has 0 spiro atoms. The van der Waals surface area contributed by atoms with E-state index in [-0.39, 0.29) is 17.1 Å². The lowest BCUT2D eigenvalue weighted by Gasteiger charge is -2.19. The molecule has 6 nitrogen and oxygen atoms in total. The van der Waals surface area contributed by atoms with Gasteiger partial charge in [0.25, 0.3) is 5.91 Å². The highest BCUT2D eigenvalue weighted by Gasteiger charge is 2.38. The molecule has 0 aliphatic heterocycles. The summed E-state index contributed by atoms with van der Waals surface area (Å²) in [7, 11) is 0. The van der Waals surface area contributed by atoms with Gasteiger partial charge in [-0.1, -0.05) is 18.2 Å². The number of aromatic nitrogens is 4. The van der Waals surface area contributed by atoms with E-state index in [4.69, 9.17) is 0 Å². The van der Waals surface area contributed by atoms with Gasteiger partial charge in [0, 0.05) is 35.9 Å². The van der Waals surface area contributed by atoms with Crippen molar-refractivity contribution < 1.29 is 18.0 Å². The van der Waals surface area contributed by atoms with Crippen LogP contribution in [0.15, 0.2) is 73.3 Å². The molecule has 1 aromatic carbocycles. The quantitative estimate of drug-likeness (QED) is 0.506. The number of hydrogen-bond acceptors (Lipinski definition) is 4. The molecule has 0 saturated carbocycles. The molecule has 3 aromatic heterocycles. The lowest BCUT2D eigenvalue weighted by atomic mass is 10.1. The minimum Gasteiger partial charge on any atom is -0.305 e. The van der Waals surface area contributed by atoms with Crippen LogP contribution < -0.4 is 5.32 Å². The molecule has 3 heterocycles. The molecule has 0 atom stereocenters. The van der Waals surface area contributed by atoms with Crippen molar-refractivity contribution in [2.24, 2.45) is 0 Å². The molecule has 0 unspecified atom stereocenters. The zero-order valence-corrected chi connectivity index (χ0v) is 16.3. The normalized spacial score (nSPS) is 11.4. The average molecular weight is 423 g/mol. The number of rotatable bonds is 4. The van der Waals surface area contributed by atoms with Gasteiger partial charge < -0.3 is 5.32 Å². The Morgan fingerprint density at radius 2 is 1.81 bits per heavy atom. The Hall–Kier alpha value is -4.01. The molecule has 0 bridgehead atoms. The second-order valence-electron chi connectivity index (χ2n) is 6.72.